The second-order valence-electron chi connectivity index (χ2n) is 5.52. The highest BCUT2D eigenvalue weighted by molar-refractivity contribution is 7.22. The largest absolute Gasteiger partial charge is 0.339 e. The number of rotatable bonds is 3. The van der Waals surface area contributed by atoms with Gasteiger partial charge in [0.1, 0.15) is 0 Å². The Kier molecular flexibility index (Phi) is 3.63. The lowest BCUT2D eigenvalue weighted by molar-refractivity contribution is -0.129. The first-order chi connectivity index (χ1) is 10.0. The summed E-state index contributed by atoms with van der Waals surface area (Å²) in [5, 5.41) is 3.44. The van der Waals surface area contributed by atoms with Crippen LogP contribution < -0.4 is 5.32 Å². The Morgan fingerprint density at radius 1 is 1.43 bits per heavy atom. The number of para-hydroxylation sites is 1. The van der Waals surface area contributed by atoms with Gasteiger partial charge in [-0.3, -0.25) is 9.59 Å². The SMILES string of the molecule is CC(C)N1C[C@@H](C(=O)Nc2nc3ccccc3s2)CC1=O. The van der Waals surface area contributed by atoms with E-state index in [9.17, 15) is 9.59 Å². The summed E-state index contributed by atoms with van der Waals surface area (Å²) in [6.45, 7) is 4.42. The van der Waals surface area contributed by atoms with E-state index in [0.29, 0.717) is 11.7 Å². The summed E-state index contributed by atoms with van der Waals surface area (Å²) in [5.74, 6) is -0.355. The molecule has 1 aromatic carbocycles. The van der Waals surface area contributed by atoms with Crippen LogP contribution in [0.4, 0.5) is 5.13 Å². The number of anilines is 1. The smallest absolute Gasteiger partial charge is 0.231 e. The van der Waals surface area contributed by atoms with Crippen molar-refractivity contribution in [2.45, 2.75) is 26.3 Å². The number of likely N-dealkylation sites (tertiary alicyclic amines) is 1. The number of hydrogen-bond acceptors (Lipinski definition) is 4. The maximum Gasteiger partial charge on any atom is 0.231 e. The summed E-state index contributed by atoms with van der Waals surface area (Å²) >= 11 is 1.45. The fourth-order valence-electron chi connectivity index (χ4n) is 2.54. The van der Waals surface area contributed by atoms with Crippen molar-refractivity contribution >= 4 is 38.5 Å². The molecule has 0 aliphatic carbocycles. The zero-order chi connectivity index (χ0) is 15.0. The van der Waals surface area contributed by atoms with Crippen LogP contribution in [0, 0.1) is 5.92 Å². The Morgan fingerprint density at radius 2 is 2.19 bits per heavy atom. The van der Waals surface area contributed by atoms with Crippen LogP contribution in [-0.4, -0.2) is 34.3 Å². The predicted octanol–water partition coefficient (Wildman–Crippen LogP) is 2.49. The highest BCUT2D eigenvalue weighted by Gasteiger charge is 2.35. The van der Waals surface area contributed by atoms with Crippen LogP contribution in [0.2, 0.25) is 0 Å². The summed E-state index contributed by atoms with van der Waals surface area (Å²) in [5.41, 5.74) is 0.879. The number of carbonyl (C=O) groups is 2. The van der Waals surface area contributed by atoms with Gasteiger partial charge in [0.15, 0.2) is 5.13 Å². The van der Waals surface area contributed by atoms with E-state index in [0.717, 1.165) is 10.2 Å². The van der Waals surface area contributed by atoms with E-state index in [2.05, 4.69) is 10.3 Å². The lowest BCUT2D eigenvalue weighted by atomic mass is 10.1. The molecule has 0 unspecified atom stereocenters. The van der Waals surface area contributed by atoms with Crippen molar-refractivity contribution in [3.8, 4) is 0 Å². The fourth-order valence-corrected chi connectivity index (χ4v) is 3.41. The van der Waals surface area contributed by atoms with Gasteiger partial charge < -0.3 is 10.2 Å². The molecule has 2 amide bonds. The third-order valence-corrected chi connectivity index (χ3v) is 4.63. The molecule has 2 heterocycles. The summed E-state index contributed by atoms with van der Waals surface area (Å²) in [7, 11) is 0. The van der Waals surface area contributed by atoms with Crippen LogP contribution in [0.1, 0.15) is 20.3 Å². The molecule has 1 aliphatic heterocycles. The number of amides is 2. The third-order valence-electron chi connectivity index (χ3n) is 3.68. The highest BCUT2D eigenvalue weighted by atomic mass is 32.1. The van der Waals surface area contributed by atoms with Gasteiger partial charge in [-0.2, -0.15) is 0 Å². The van der Waals surface area contributed by atoms with Gasteiger partial charge in [-0.25, -0.2) is 4.98 Å². The average molecular weight is 303 g/mol. The quantitative estimate of drug-likeness (QED) is 0.947. The summed E-state index contributed by atoms with van der Waals surface area (Å²) < 4.78 is 1.04. The van der Waals surface area contributed by atoms with E-state index < -0.39 is 0 Å². The van der Waals surface area contributed by atoms with E-state index >= 15 is 0 Å². The van der Waals surface area contributed by atoms with Gasteiger partial charge >= 0.3 is 0 Å². The van der Waals surface area contributed by atoms with E-state index in [1.165, 1.54) is 11.3 Å². The number of carbonyl (C=O) groups excluding carboxylic acids is 2. The zero-order valence-corrected chi connectivity index (χ0v) is 12.8. The number of aromatic nitrogens is 1. The zero-order valence-electron chi connectivity index (χ0n) is 12.0. The molecular weight excluding hydrogens is 286 g/mol. The minimum absolute atomic E-state index is 0.0504. The first kappa shape index (κ1) is 14.0. The standard InChI is InChI=1S/C15H17N3O2S/c1-9(2)18-8-10(7-13(18)19)14(20)17-15-16-11-5-3-4-6-12(11)21-15/h3-6,9-10H,7-8H2,1-2H3,(H,16,17,20)/t10-/m0/s1. The molecule has 1 aromatic heterocycles. The second-order valence-corrected chi connectivity index (χ2v) is 6.55. The minimum atomic E-state index is -0.285. The molecule has 6 heteroatoms. The van der Waals surface area contributed by atoms with Crippen LogP contribution in [0.5, 0.6) is 0 Å². The van der Waals surface area contributed by atoms with Crippen molar-refractivity contribution in [1.29, 1.82) is 0 Å². The van der Waals surface area contributed by atoms with Crippen LogP contribution in [0.25, 0.3) is 10.2 Å². The third kappa shape index (κ3) is 2.76. The van der Waals surface area contributed by atoms with E-state index in [1.54, 1.807) is 4.90 Å². The summed E-state index contributed by atoms with van der Waals surface area (Å²) in [4.78, 5) is 30.3. The molecule has 0 bridgehead atoms. The van der Waals surface area contributed by atoms with Gasteiger partial charge in [-0.05, 0) is 26.0 Å². The highest BCUT2D eigenvalue weighted by Crippen LogP contribution is 2.27. The molecule has 1 fully saturated rings. The first-order valence-corrected chi connectivity index (χ1v) is 7.82. The molecule has 0 saturated carbocycles. The number of hydrogen-bond donors (Lipinski definition) is 1. The summed E-state index contributed by atoms with van der Waals surface area (Å²) in [6.07, 6.45) is 0.287. The van der Waals surface area contributed by atoms with Crippen LogP contribution in [-0.2, 0) is 9.59 Å². The van der Waals surface area contributed by atoms with Crippen molar-refractivity contribution in [3.63, 3.8) is 0 Å². The van der Waals surface area contributed by atoms with Crippen molar-refractivity contribution in [2.24, 2.45) is 5.92 Å². The van der Waals surface area contributed by atoms with Gasteiger partial charge in [0.25, 0.3) is 0 Å². The van der Waals surface area contributed by atoms with Crippen LogP contribution in [0.15, 0.2) is 24.3 Å². The van der Waals surface area contributed by atoms with Crippen molar-refractivity contribution in [1.82, 2.24) is 9.88 Å². The van der Waals surface area contributed by atoms with Crippen molar-refractivity contribution in [3.05, 3.63) is 24.3 Å². The topological polar surface area (TPSA) is 62.3 Å². The Bertz CT molecular complexity index is 662. The van der Waals surface area contributed by atoms with Crippen molar-refractivity contribution < 1.29 is 9.59 Å². The second kappa shape index (κ2) is 5.44. The lowest BCUT2D eigenvalue weighted by Gasteiger charge is -2.20. The molecular formula is C15H17N3O2S. The fraction of sp³-hybridized carbons (Fsp3) is 0.400. The monoisotopic (exact) mass is 303 g/mol. The van der Waals surface area contributed by atoms with E-state index in [-0.39, 0.29) is 30.2 Å². The molecule has 5 nitrogen and oxygen atoms in total. The molecule has 21 heavy (non-hydrogen) atoms. The number of nitrogens with one attached hydrogen (secondary N) is 1. The van der Waals surface area contributed by atoms with Gasteiger partial charge in [0, 0.05) is 19.0 Å². The number of nitrogens with zero attached hydrogens (tertiary/aromatic N) is 2. The van der Waals surface area contributed by atoms with Gasteiger partial charge in [-0.15, -0.1) is 0 Å². The Balaban J connectivity index is 1.70. The minimum Gasteiger partial charge on any atom is -0.339 e. The first-order valence-electron chi connectivity index (χ1n) is 7.00. The van der Waals surface area contributed by atoms with Crippen LogP contribution in [0.3, 0.4) is 0 Å². The number of benzene rings is 1. The van der Waals surface area contributed by atoms with Gasteiger partial charge in [0.05, 0.1) is 16.1 Å². The van der Waals surface area contributed by atoms with E-state index in [1.807, 2.05) is 38.1 Å². The average Bonchev–Trinajstić information content (AvgIpc) is 3.01. The van der Waals surface area contributed by atoms with E-state index in [4.69, 9.17) is 0 Å². The predicted molar refractivity (Wildman–Crippen MR) is 83.2 cm³/mol. The van der Waals surface area contributed by atoms with Gasteiger partial charge in [-0.1, -0.05) is 23.5 Å². The number of thiazole rings is 1. The maximum absolute atomic E-state index is 12.3. The van der Waals surface area contributed by atoms with Crippen molar-refractivity contribution in [2.75, 3.05) is 11.9 Å². The van der Waals surface area contributed by atoms with Crippen LogP contribution >= 0.6 is 11.3 Å². The van der Waals surface area contributed by atoms with Gasteiger partial charge in [0.2, 0.25) is 11.8 Å². The molecule has 1 atom stereocenters. The molecule has 3 rings (SSSR count). The molecule has 0 radical (unpaired) electrons. The Labute approximate surface area is 127 Å². The molecule has 1 N–H and O–H groups in total. The summed E-state index contributed by atoms with van der Waals surface area (Å²) in [6, 6.07) is 7.90. The molecule has 1 aliphatic rings. The molecule has 2 aromatic rings. The maximum atomic E-state index is 12.3. The Hall–Kier alpha value is -1.95. The molecule has 1 saturated heterocycles. The molecule has 0 spiro atoms. The molecule has 110 valence electrons. The normalized spacial score (nSPS) is 18.7. The lowest BCUT2D eigenvalue weighted by Crippen LogP contribution is -2.33. The Morgan fingerprint density at radius 3 is 2.86 bits per heavy atom. The number of fused-ring (bicyclic) bond motifs is 1.